The number of rotatable bonds is 2. The Labute approximate surface area is 84.9 Å². The summed E-state index contributed by atoms with van der Waals surface area (Å²) in [6.45, 7) is 1.76. The summed E-state index contributed by atoms with van der Waals surface area (Å²) in [4.78, 5) is 33.9. The van der Waals surface area contributed by atoms with E-state index in [1.807, 2.05) is 0 Å². The van der Waals surface area contributed by atoms with Gasteiger partial charge in [0.2, 0.25) is 5.69 Å². The molecule has 0 aliphatic heterocycles. The Morgan fingerprint density at radius 3 is 2.53 bits per heavy atom. The lowest BCUT2D eigenvalue weighted by Crippen LogP contribution is -2.42. The van der Waals surface area contributed by atoms with Crippen LogP contribution in [0, 0.1) is 0 Å². The lowest BCUT2D eigenvalue weighted by atomic mass is 10.4. The first-order chi connectivity index (χ1) is 6.99. The second-order valence-electron chi connectivity index (χ2n) is 2.84. The van der Waals surface area contributed by atoms with Crippen molar-refractivity contribution in [2.45, 2.75) is 6.92 Å². The van der Waals surface area contributed by atoms with E-state index in [4.69, 9.17) is 0 Å². The summed E-state index contributed by atoms with van der Waals surface area (Å²) < 4.78 is 6.34. The predicted molar refractivity (Wildman–Crippen MR) is 50.7 cm³/mol. The lowest BCUT2D eigenvalue weighted by molar-refractivity contribution is 0.0512. The van der Waals surface area contributed by atoms with E-state index < -0.39 is 17.2 Å². The molecule has 0 aliphatic carbocycles. The maximum atomic E-state index is 11.4. The summed E-state index contributed by atoms with van der Waals surface area (Å²) in [7, 11) is 2.62. The largest absolute Gasteiger partial charge is 0.461 e. The van der Waals surface area contributed by atoms with Crippen LogP contribution in [-0.4, -0.2) is 26.9 Å². The van der Waals surface area contributed by atoms with E-state index in [2.05, 4.69) is 9.84 Å². The summed E-state index contributed by atoms with van der Waals surface area (Å²) in [6.07, 6.45) is 0. The van der Waals surface area contributed by atoms with E-state index in [0.29, 0.717) is 0 Å². The van der Waals surface area contributed by atoms with Crippen LogP contribution >= 0.6 is 0 Å². The molecule has 1 heterocycles. The summed E-state index contributed by atoms with van der Waals surface area (Å²) in [6, 6.07) is 0. The Morgan fingerprint density at radius 1 is 1.40 bits per heavy atom. The maximum Gasteiger partial charge on any atom is 0.364 e. The van der Waals surface area contributed by atoms with Crippen molar-refractivity contribution in [3.05, 3.63) is 26.5 Å². The van der Waals surface area contributed by atoms with E-state index >= 15 is 0 Å². The third-order valence-electron chi connectivity index (χ3n) is 1.79. The van der Waals surface area contributed by atoms with E-state index in [1.54, 1.807) is 6.92 Å². The van der Waals surface area contributed by atoms with Crippen LogP contribution in [0.3, 0.4) is 0 Å². The van der Waals surface area contributed by atoms with Crippen molar-refractivity contribution >= 4 is 5.97 Å². The molecule has 82 valence electrons. The number of hydrogen-bond donors (Lipinski definition) is 0. The van der Waals surface area contributed by atoms with Crippen LogP contribution in [0.15, 0.2) is 9.59 Å². The normalized spacial score (nSPS) is 10.1. The van der Waals surface area contributed by atoms with Crippen molar-refractivity contribution in [3.63, 3.8) is 0 Å². The third kappa shape index (κ3) is 1.95. The molecule has 0 unspecified atom stereocenters. The van der Waals surface area contributed by atoms with Crippen molar-refractivity contribution in [1.29, 1.82) is 0 Å². The average Bonchev–Trinajstić information content (AvgIpc) is 2.20. The fourth-order valence-electron chi connectivity index (χ4n) is 1.03. The topological polar surface area (TPSA) is 83.2 Å². The number of ether oxygens (including phenoxy) is 1. The quantitative estimate of drug-likeness (QED) is 0.567. The van der Waals surface area contributed by atoms with Gasteiger partial charge in [-0.3, -0.25) is 9.36 Å². The average molecular weight is 213 g/mol. The number of carbonyl (C=O) groups excluding carboxylic acids is 1. The van der Waals surface area contributed by atoms with E-state index in [1.165, 1.54) is 14.1 Å². The highest BCUT2D eigenvalue weighted by Crippen LogP contribution is 1.87. The van der Waals surface area contributed by atoms with Crippen LogP contribution in [0.4, 0.5) is 0 Å². The SMILES string of the molecule is CCOC(=O)c1nn(C)c(=O)n(C)c1=O. The fourth-order valence-corrected chi connectivity index (χ4v) is 1.03. The van der Waals surface area contributed by atoms with Gasteiger partial charge in [0.05, 0.1) is 6.61 Å². The van der Waals surface area contributed by atoms with Gasteiger partial charge in [-0.15, -0.1) is 0 Å². The molecule has 0 atom stereocenters. The molecule has 0 fully saturated rings. The van der Waals surface area contributed by atoms with Gasteiger partial charge < -0.3 is 4.74 Å². The molecule has 0 aliphatic rings. The van der Waals surface area contributed by atoms with Crippen LogP contribution < -0.4 is 11.2 Å². The smallest absolute Gasteiger partial charge is 0.364 e. The van der Waals surface area contributed by atoms with Gasteiger partial charge in [0.15, 0.2) is 0 Å². The highest BCUT2D eigenvalue weighted by molar-refractivity contribution is 5.86. The van der Waals surface area contributed by atoms with Crippen LogP contribution in [-0.2, 0) is 18.8 Å². The molecule has 1 aromatic rings. The highest BCUT2D eigenvalue weighted by atomic mass is 16.5. The molecule has 7 nitrogen and oxygen atoms in total. The number of esters is 1. The molecule has 0 spiro atoms. The molecular weight excluding hydrogens is 202 g/mol. The van der Waals surface area contributed by atoms with E-state index in [0.717, 1.165) is 9.25 Å². The van der Waals surface area contributed by atoms with Crippen molar-refractivity contribution in [2.24, 2.45) is 14.1 Å². The molecular formula is C8H11N3O4. The van der Waals surface area contributed by atoms with E-state index in [-0.39, 0.29) is 12.3 Å². The van der Waals surface area contributed by atoms with Gasteiger partial charge >= 0.3 is 11.7 Å². The number of carbonyl (C=O) groups is 1. The number of hydrogen-bond acceptors (Lipinski definition) is 5. The molecule has 0 saturated heterocycles. The summed E-state index contributed by atoms with van der Waals surface area (Å²) in [5.41, 5.74) is -1.73. The van der Waals surface area contributed by atoms with Gasteiger partial charge in [0.25, 0.3) is 5.56 Å². The Bertz CT molecular complexity index is 500. The first kappa shape index (κ1) is 11.2. The van der Waals surface area contributed by atoms with Crippen LogP contribution in [0.2, 0.25) is 0 Å². The van der Waals surface area contributed by atoms with Crippen LogP contribution in [0.25, 0.3) is 0 Å². The van der Waals surface area contributed by atoms with Gasteiger partial charge in [0, 0.05) is 14.1 Å². The number of aryl methyl sites for hydroxylation is 1. The first-order valence-corrected chi connectivity index (χ1v) is 4.30. The second-order valence-corrected chi connectivity index (χ2v) is 2.84. The highest BCUT2D eigenvalue weighted by Gasteiger charge is 2.17. The third-order valence-corrected chi connectivity index (χ3v) is 1.79. The number of nitrogens with zero attached hydrogens (tertiary/aromatic N) is 3. The molecule has 15 heavy (non-hydrogen) atoms. The zero-order valence-electron chi connectivity index (χ0n) is 8.68. The zero-order chi connectivity index (χ0) is 11.6. The summed E-state index contributed by atoms with van der Waals surface area (Å²) in [5, 5.41) is 3.55. The molecule has 0 radical (unpaired) electrons. The molecule has 0 aromatic carbocycles. The molecule has 7 heteroatoms. The molecule has 0 saturated carbocycles. The van der Waals surface area contributed by atoms with Crippen molar-refractivity contribution in [3.8, 4) is 0 Å². The Balaban J connectivity index is 3.39. The van der Waals surface area contributed by atoms with Crippen molar-refractivity contribution in [2.75, 3.05) is 6.61 Å². The molecule has 0 amide bonds. The van der Waals surface area contributed by atoms with Gasteiger partial charge in [0.1, 0.15) is 0 Å². The zero-order valence-corrected chi connectivity index (χ0v) is 8.68. The molecule has 1 aromatic heterocycles. The van der Waals surface area contributed by atoms with Gasteiger partial charge in [-0.2, -0.15) is 5.10 Å². The Morgan fingerprint density at radius 2 is 2.00 bits per heavy atom. The summed E-state index contributed by atoms with van der Waals surface area (Å²) in [5.74, 6) is -0.825. The van der Waals surface area contributed by atoms with E-state index in [9.17, 15) is 14.4 Å². The lowest BCUT2D eigenvalue weighted by Gasteiger charge is -2.04. The Hall–Kier alpha value is -1.92. The standard InChI is InChI=1S/C8H11N3O4/c1-4-15-7(13)5-6(12)10(2)8(14)11(3)9-5/h4H2,1-3H3. The second kappa shape index (κ2) is 4.07. The number of aromatic nitrogens is 3. The van der Waals surface area contributed by atoms with Gasteiger partial charge in [-0.1, -0.05) is 0 Å². The maximum absolute atomic E-state index is 11.4. The fraction of sp³-hybridized carbons (Fsp3) is 0.500. The van der Waals surface area contributed by atoms with Crippen LogP contribution in [0.1, 0.15) is 17.4 Å². The van der Waals surface area contributed by atoms with Crippen molar-refractivity contribution in [1.82, 2.24) is 14.3 Å². The molecule has 0 N–H and O–H groups in total. The molecule has 1 rings (SSSR count). The minimum Gasteiger partial charge on any atom is -0.461 e. The summed E-state index contributed by atoms with van der Waals surface area (Å²) >= 11 is 0. The molecule has 0 bridgehead atoms. The minimum atomic E-state index is -0.825. The minimum absolute atomic E-state index is 0.145. The van der Waals surface area contributed by atoms with Crippen molar-refractivity contribution < 1.29 is 9.53 Å². The monoisotopic (exact) mass is 213 g/mol. The van der Waals surface area contributed by atoms with Gasteiger partial charge in [-0.05, 0) is 6.92 Å². The first-order valence-electron chi connectivity index (χ1n) is 4.30. The van der Waals surface area contributed by atoms with Gasteiger partial charge in [-0.25, -0.2) is 14.3 Å². The van der Waals surface area contributed by atoms with Crippen LogP contribution in [0.5, 0.6) is 0 Å². The predicted octanol–water partition coefficient (Wildman–Crippen LogP) is -1.34. The Kier molecular flexibility index (Phi) is 3.03.